The Hall–Kier alpha value is -1.09. The highest BCUT2D eigenvalue weighted by Crippen LogP contribution is 2.31. The van der Waals surface area contributed by atoms with E-state index in [0.29, 0.717) is 12.1 Å². The van der Waals surface area contributed by atoms with Crippen LogP contribution in [0.2, 0.25) is 0 Å². The molecule has 2 bridgehead atoms. The molecule has 2 saturated heterocycles. The maximum atomic E-state index is 5.54. The van der Waals surface area contributed by atoms with E-state index in [0.717, 1.165) is 13.2 Å². The Morgan fingerprint density at radius 2 is 2.54 bits per heavy atom. The lowest BCUT2D eigenvalue weighted by molar-refractivity contribution is 0.0991. The zero-order valence-corrected chi connectivity index (χ0v) is 7.39. The van der Waals surface area contributed by atoms with Gasteiger partial charge in [0.05, 0.1) is 30.6 Å². The quantitative estimate of drug-likeness (QED) is 0.639. The van der Waals surface area contributed by atoms with E-state index in [1.807, 2.05) is 18.5 Å². The number of aromatic nitrogens is 1. The number of hydrogen-bond donors (Lipinski definition) is 0. The summed E-state index contributed by atoms with van der Waals surface area (Å²) in [6.07, 6.45) is 5.40. The minimum Gasteiger partial charge on any atom is -0.374 e. The van der Waals surface area contributed by atoms with Gasteiger partial charge < -0.3 is 9.64 Å². The highest BCUT2D eigenvalue weighted by Gasteiger charge is 2.38. The molecule has 3 heterocycles. The van der Waals surface area contributed by atoms with Gasteiger partial charge in [-0.25, -0.2) is 0 Å². The van der Waals surface area contributed by atoms with Gasteiger partial charge in [0.2, 0.25) is 0 Å². The minimum absolute atomic E-state index is 0.463. The summed E-state index contributed by atoms with van der Waals surface area (Å²) >= 11 is 0. The largest absolute Gasteiger partial charge is 0.374 e. The van der Waals surface area contributed by atoms with Gasteiger partial charge in [-0.3, -0.25) is 4.98 Å². The van der Waals surface area contributed by atoms with E-state index in [9.17, 15) is 0 Å². The summed E-state index contributed by atoms with van der Waals surface area (Å²) in [6, 6.07) is 4.70. The van der Waals surface area contributed by atoms with Crippen LogP contribution in [-0.2, 0) is 4.74 Å². The summed E-state index contributed by atoms with van der Waals surface area (Å²) in [5.74, 6) is 0. The van der Waals surface area contributed by atoms with Crippen LogP contribution in [0.15, 0.2) is 24.5 Å². The molecule has 3 rings (SSSR count). The lowest BCUT2D eigenvalue weighted by Gasteiger charge is -2.28. The number of fused-ring (bicyclic) bond motifs is 2. The van der Waals surface area contributed by atoms with Gasteiger partial charge in [-0.2, -0.15) is 0 Å². The second-order valence-electron chi connectivity index (χ2n) is 3.71. The Labute approximate surface area is 77.3 Å². The monoisotopic (exact) mass is 176 g/mol. The Morgan fingerprint density at radius 3 is 3.15 bits per heavy atom. The molecule has 1 aromatic rings. The molecular weight excluding hydrogens is 164 g/mol. The van der Waals surface area contributed by atoms with Crippen LogP contribution in [-0.4, -0.2) is 30.3 Å². The van der Waals surface area contributed by atoms with Crippen molar-refractivity contribution in [3.05, 3.63) is 24.5 Å². The highest BCUT2D eigenvalue weighted by molar-refractivity contribution is 5.47. The molecule has 2 aliphatic heterocycles. The van der Waals surface area contributed by atoms with Crippen molar-refractivity contribution in [3.63, 3.8) is 0 Å². The molecule has 0 N–H and O–H groups in total. The molecule has 0 saturated carbocycles. The fourth-order valence-corrected chi connectivity index (χ4v) is 2.24. The maximum absolute atomic E-state index is 5.54. The fourth-order valence-electron chi connectivity index (χ4n) is 2.24. The average molecular weight is 176 g/mol. The lowest BCUT2D eigenvalue weighted by Crippen LogP contribution is -2.36. The predicted octanol–water partition coefficient (Wildman–Crippen LogP) is 1.06. The molecule has 2 atom stereocenters. The van der Waals surface area contributed by atoms with Gasteiger partial charge >= 0.3 is 0 Å². The molecule has 0 amide bonds. The van der Waals surface area contributed by atoms with Crippen LogP contribution < -0.4 is 4.90 Å². The molecule has 1 aromatic heterocycles. The number of hydrogen-bond acceptors (Lipinski definition) is 3. The van der Waals surface area contributed by atoms with Gasteiger partial charge in [0.25, 0.3) is 0 Å². The topological polar surface area (TPSA) is 25.4 Å². The first kappa shape index (κ1) is 7.33. The van der Waals surface area contributed by atoms with Crippen LogP contribution in [0, 0.1) is 0 Å². The van der Waals surface area contributed by atoms with Crippen LogP contribution in [0.25, 0.3) is 0 Å². The number of nitrogens with zero attached hydrogens (tertiary/aromatic N) is 2. The smallest absolute Gasteiger partial charge is 0.0771 e. The first-order valence-electron chi connectivity index (χ1n) is 4.72. The van der Waals surface area contributed by atoms with Gasteiger partial charge in [0, 0.05) is 12.7 Å². The zero-order chi connectivity index (χ0) is 8.67. The van der Waals surface area contributed by atoms with Gasteiger partial charge in [-0.15, -0.1) is 0 Å². The average Bonchev–Trinajstić information content (AvgIpc) is 2.80. The maximum Gasteiger partial charge on any atom is 0.0771 e. The third-order valence-electron chi connectivity index (χ3n) is 2.88. The number of ether oxygens (including phenoxy) is 1. The summed E-state index contributed by atoms with van der Waals surface area (Å²) in [6.45, 7) is 1.93. The molecule has 0 aliphatic carbocycles. The molecule has 0 aromatic carbocycles. The van der Waals surface area contributed by atoms with Crippen molar-refractivity contribution in [3.8, 4) is 0 Å². The van der Waals surface area contributed by atoms with Gasteiger partial charge in [0.1, 0.15) is 0 Å². The van der Waals surface area contributed by atoms with Crippen molar-refractivity contribution < 1.29 is 4.74 Å². The predicted molar refractivity (Wildman–Crippen MR) is 49.7 cm³/mol. The third-order valence-corrected chi connectivity index (χ3v) is 2.88. The summed E-state index contributed by atoms with van der Waals surface area (Å²) in [5.41, 5.74) is 1.23. The second-order valence-corrected chi connectivity index (χ2v) is 3.71. The third kappa shape index (κ3) is 1.11. The van der Waals surface area contributed by atoms with E-state index >= 15 is 0 Å². The lowest BCUT2D eigenvalue weighted by atomic mass is 10.2. The van der Waals surface area contributed by atoms with Crippen molar-refractivity contribution in [2.24, 2.45) is 0 Å². The summed E-state index contributed by atoms with van der Waals surface area (Å²) in [7, 11) is 0. The standard InChI is InChI=1S/C10H12N2O/c1-2-8(5-11-3-1)12-6-10-4-9(12)7-13-10/h1-3,5,9-10H,4,6-7H2/t9-,10-/m1/s1. The Bertz CT molecular complexity index is 301. The van der Waals surface area contributed by atoms with E-state index in [2.05, 4.69) is 16.0 Å². The minimum atomic E-state index is 0.463. The first-order valence-corrected chi connectivity index (χ1v) is 4.72. The molecule has 68 valence electrons. The number of anilines is 1. The normalized spacial score (nSPS) is 31.2. The van der Waals surface area contributed by atoms with Crippen LogP contribution in [0.3, 0.4) is 0 Å². The van der Waals surface area contributed by atoms with Crippen molar-refractivity contribution in [1.29, 1.82) is 0 Å². The van der Waals surface area contributed by atoms with Gasteiger partial charge in [0.15, 0.2) is 0 Å². The van der Waals surface area contributed by atoms with Crippen LogP contribution in [0.5, 0.6) is 0 Å². The van der Waals surface area contributed by atoms with E-state index in [1.165, 1.54) is 12.1 Å². The molecular formula is C10H12N2O. The van der Waals surface area contributed by atoms with E-state index in [4.69, 9.17) is 4.74 Å². The van der Waals surface area contributed by atoms with E-state index in [-0.39, 0.29) is 0 Å². The Balaban J connectivity index is 1.87. The number of morpholine rings is 1. The van der Waals surface area contributed by atoms with Gasteiger partial charge in [-0.1, -0.05) is 0 Å². The summed E-state index contributed by atoms with van der Waals surface area (Å²) in [5, 5.41) is 0. The van der Waals surface area contributed by atoms with Gasteiger partial charge in [-0.05, 0) is 18.6 Å². The Morgan fingerprint density at radius 1 is 1.54 bits per heavy atom. The molecule has 0 radical (unpaired) electrons. The second kappa shape index (κ2) is 2.70. The number of rotatable bonds is 1. The van der Waals surface area contributed by atoms with Crippen molar-refractivity contribution >= 4 is 5.69 Å². The first-order chi connectivity index (χ1) is 6.43. The van der Waals surface area contributed by atoms with Crippen molar-refractivity contribution in [2.45, 2.75) is 18.6 Å². The molecule has 0 spiro atoms. The number of pyridine rings is 1. The summed E-state index contributed by atoms with van der Waals surface area (Å²) in [4.78, 5) is 6.53. The molecule has 3 heteroatoms. The van der Waals surface area contributed by atoms with Crippen LogP contribution >= 0.6 is 0 Å². The zero-order valence-electron chi connectivity index (χ0n) is 7.39. The van der Waals surface area contributed by atoms with Crippen LogP contribution in [0.4, 0.5) is 5.69 Å². The van der Waals surface area contributed by atoms with Crippen LogP contribution in [0.1, 0.15) is 6.42 Å². The SMILES string of the molecule is c1cncc(N2C[C@H]3C[C@@H]2CO3)c1. The molecule has 3 nitrogen and oxygen atoms in total. The van der Waals surface area contributed by atoms with E-state index < -0.39 is 0 Å². The molecule has 2 aliphatic rings. The molecule has 2 fully saturated rings. The molecule has 0 unspecified atom stereocenters. The van der Waals surface area contributed by atoms with Crippen molar-refractivity contribution in [1.82, 2.24) is 4.98 Å². The van der Waals surface area contributed by atoms with E-state index in [1.54, 1.807) is 0 Å². The molecule has 13 heavy (non-hydrogen) atoms. The highest BCUT2D eigenvalue weighted by atomic mass is 16.5. The van der Waals surface area contributed by atoms with Crippen molar-refractivity contribution in [2.75, 3.05) is 18.1 Å². The summed E-state index contributed by atoms with van der Waals surface area (Å²) < 4.78 is 5.54. The fraction of sp³-hybridized carbons (Fsp3) is 0.500. The Kier molecular flexibility index (Phi) is 1.52.